The summed E-state index contributed by atoms with van der Waals surface area (Å²) in [5, 5.41) is 10.0. The molecule has 0 fully saturated rings. The molecule has 9 heteroatoms. The summed E-state index contributed by atoms with van der Waals surface area (Å²) >= 11 is 0.841. The van der Waals surface area contributed by atoms with Gasteiger partial charge in [0.25, 0.3) is 10.0 Å². The van der Waals surface area contributed by atoms with Gasteiger partial charge in [-0.05, 0) is 13.3 Å². The lowest BCUT2D eigenvalue weighted by Gasteiger charge is -2.10. The largest absolute Gasteiger partial charge is 0.300 e. The van der Waals surface area contributed by atoms with Gasteiger partial charge >= 0.3 is 0 Å². The van der Waals surface area contributed by atoms with Gasteiger partial charge in [-0.25, -0.2) is 13.1 Å². The van der Waals surface area contributed by atoms with Crippen LogP contribution in [0.3, 0.4) is 0 Å². The summed E-state index contributed by atoms with van der Waals surface area (Å²) in [6.07, 6.45) is 1.63. The van der Waals surface area contributed by atoms with Gasteiger partial charge in [-0.1, -0.05) is 38.5 Å². The van der Waals surface area contributed by atoms with Gasteiger partial charge in [0.1, 0.15) is 0 Å². The molecule has 1 amide bonds. The predicted molar refractivity (Wildman–Crippen MR) is 78.1 cm³/mol. The number of carbonyl (C=O) groups is 1. The van der Waals surface area contributed by atoms with Gasteiger partial charge in [0.15, 0.2) is 0 Å². The van der Waals surface area contributed by atoms with Gasteiger partial charge in [-0.2, -0.15) is 0 Å². The van der Waals surface area contributed by atoms with E-state index in [2.05, 4.69) is 20.2 Å². The fourth-order valence-corrected chi connectivity index (χ4v) is 3.62. The first-order valence-corrected chi connectivity index (χ1v) is 8.73. The lowest BCUT2D eigenvalue weighted by atomic mass is 10.2. The molecule has 2 N–H and O–H groups in total. The number of anilines is 1. The maximum Gasteiger partial charge on any atom is 0.270 e. The van der Waals surface area contributed by atoms with E-state index < -0.39 is 10.0 Å². The summed E-state index contributed by atoms with van der Waals surface area (Å²) < 4.78 is 26.5. The third-order valence-electron chi connectivity index (χ3n) is 2.47. The van der Waals surface area contributed by atoms with Crippen LogP contribution in [-0.4, -0.2) is 30.6 Å². The number of aromatic nitrogens is 2. The molecule has 20 heavy (non-hydrogen) atoms. The average Bonchev–Trinajstić information content (AvgIpc) is 2.77. The molecule has 1 atom stereocenters. The first-order chi connectivity index (χ1) is 9.26. The van der Waals surface area contributed by atoms with Gasteiger partial charge < -0.3 is 5.32 Å². The second-order valence-corrected chi connectivity index (χ2v) is 7.69. The Morgan fingerprint density at radius 3 is 2.50 bits per heavy atom. The van der Waals surface area contributed by atoms with Crippen molar-refractivity contribution in [1.82, 2.24) is 14.9 Å². The van der Waals surface area contributed by atoms with Crippen LogP contribution in [0.15, 0.2) is 4.34 Å². The minimum Gasteiger partial charge on any atom is -0.300 e. The van der Waals surface area contributed by atoms with Crippen LogP contribution in [-0.2, 0) is 14.8 Å². The van der Waals surface area contributed by atoms with E-state index in [9.17, 15) is 13.2 Å². The molecule has 0 radical (unpaired) electrons. The lowest BCUT2D eigenvalue weighted by molar-refractivity contribution is -0.118. The van der Waals surface area contributed by atoms with Crippen LogP contribution in [0.1, 0.15) is 40.5 Å². The smallest absolute Gasteiger partial charge is 0.270 e. The van der Waals surface area contributed by atoms with E-state index in [4.69, 9.17) is 0 Å². The van der Waals surface area contributed by atoms with Gasteiger partial charge in [0, 0.05) is 12.0 Å². The SMILES string of the molecule is CCCC(C)NS(=O)(=O)c1nnc(NC(=O)C(C)C)s1. The summed E-state index contributed by atoms with van der Waals surface area (Å²) in [6.45, 7) is 7.25. The Hall–Kier alpha value is -1.06. The molecule has 0 aliphatic rings. The summed E-state index contributed by atoms with van der Waals surface area (Å²) in [6, 6.07) is -0.164. The number of hydrogen-bond donors (Lipinski definition) is 2. The van der Waals surface area contributed by atoms with Crippen molar-refractivity contribution in [2.75, 3.05) is 5.32 Å². The maximum atomic E-state index is 12.0. The fraction of sp³-hybridized carbons (Fsp3) is 0.727. The fourth-order valence-electron chi connectivity index (χ4n) is 1.43. The van der Waals surface area contributed by atoms with E-state index in [0.29, 0.717) is 0 Å². The Bertz CT molecular complexity index is 554. The van der Waals surface area contributed by atoms with Gasteiger partial charge in [-0.15, -0.1) is 10.2 Å². The normalized spacial score (nSPS) is 13.4. The second-order valence-electron chi connectivity index (χ2n) is 4.83. The van der Waals surface area contributed by atoms with Crippen LogP contribution in [0.4, 0.5) is 5.13 Å². The average molecular weight is 320 g/mol. The highest BCUT2D eigenvalue weighted by atomic mass is 32.2. The summed E-state index contributed by atoms with van der Waals surface area (Å²) in [5.74, 6) is -0.431. The van der Waals surface area contributed by atoms with Crippen molar-refractivity contribution in [2.24, 2.45) is 5.92 Å². The van der Waals surface area contributed by atoms with E-state index in [1.807, 2.05) is 6.92 Å². The topological polar surface area (TPSA) is 101 Å². The van der Waals surface area contributed by atoms with Crippen molar-refractivity contribution in [1.29, 1.82) is 0 Å². The Morgan fingerprint density at radius 2 is 1.95 bits per heavy atom. The first-order valence-electron chi connectivity index (χ1n) is 6.43. The van der Waals surface area contributed by atoms with E-state index in [0.717, 1.165) is 24.2 Å². The zero-order chi connectivity index (χ0) is 15.3. The number of nitrogens with zero attached hydrogens (tertiary/aromatic N) is 2. The Kier molecular flexibility index (Phi) is 6.03. The summed E-state index contributed by atoms with van der Waals surface area (Å²) in [4.78, 5) is 11.5. The van der Waals surface area contributed by atoms with E-state index in [1.54, 1.807) is 20.8 Å². The number of sulfonamides is 1. The Labute approximate surface area is 123 Å². The van der Waals surface area contributed by atoms with Crippen LogP contribution in [0.5, 0.6) is 0 Å². The van der Waals surface area contributed by atoms with Crippen LogP contribution in [0.25, 0.3) is 0 Å². The molecule has 7 nitrogen and oxygen atoms in total. The molecule has 1 heterocycles. The second kappa shape index (κ2) is 7.09. The van der Waals surface area contributed by atoms with Gasteiger partial charge in [0.05, 0.1) is 0 Å². The highest BCUT2D eigenvalue weighted by molar-refractivity contribution is 7.91. The monoisotopic (exact) mass is 320 g/mol. The molecule has 1 rings (SSSR count). The maximum absolute atomic E-state index is 12.0. The van der Waals surface area contributed by atoms with Gasteiger partial charge in [-0.3, -0.25) is 4.79 Å². The number of rotatable bonds is 7. The lowest BCUT2D eigenvalue weighted by Crippen LogP contribution is -2.32. The molecule has 1 aromatic rings. The standard InChI is InChI=1S/C11H20N4O3S2/c1-5-6-8(4)15-20(17,18)11-14-13-10(19-11)12-9(16)7(2)3/h7-8,15H,5-6H2,1-4H3,(H,12,13,16). The molecule has 1 unspecified atom stereocenters. The van der Waals surface area contributed by atoms with E-state index in [1.165, 1.54) is 0 Å². The molecule has 0 bridgehead atoms. The number of nitrogens with one attached hydrogen (secondary N) is 2. The van der Waals surface area contributed by atoms with Crippen LogP contribution in [0.2, 0.25) is 0 Å². The van der Waals surface area contributed by atoms with E-state index in [-0.39, 0.29) is 27.3 Å². The predicted octanol–water partition coefficient (Wildman–Crippen LogP) is 1.60. The van der Waals surface area contributed by atoms with Crippen molar-refractivity contribution in [3.8, 4) is 0 Å². The van der Waals surface area contributed by atoms with Crippen LogP contribution < -0.4 is 10.0 Å². The highest BCUT2D eigenvalue weighted by Gasteiger charge is 2.23. The number of amides is 1. The zero-order valence-corrected chi connectivity index (χ0v) is 13.6. The van der Waals surface area contributed by atoms with Gasteiger partial charge in [0.2, 0.25) is 15.4 Å². The van der Waals surface area contributed by atoms with Crippen molar-refractivity contribution < 1.29 is 13.2 Å². The van der Waals surface area contributed by atoms with Crippen molar-refractivity contribution in [2.45, 2.75) is 50.9 Å². The Morgan fingerprint density at radius 1 is 1.30 bits per heavy atom. The first kappa shape index (κ1) is 17.0. The summed E-state index contributed by atoms with van der Waals surface area (Å²) in [5.41, 5.74) is 0. The molecule has 0 saturated heterocycles. The number of carbonyl (C=O) groups excluding carboxylic acids is 1. The Balaban J connectivity index is 2.77. The minimum absolute atomic E-state index is 0.139. The van der Waals surface area contributed by atoms with Crippen LogP contribution >= 0.6 is 11.3 Å². The highest BCUT2D eigenvalue weighted by Crippen LogP contribution is 2.20. The molecule has 0 aliphatic carbocycles. The molecule has 0 spiro atoms. The molecule has 0 aromatic carbocycles. The number of hydrogen-bond acceptors (Lipinski definition) is 6. The molecule has 0 aliphatic heterocycles. The zero-order valence-electron chi connectivity index (χ0n) is 12.0. The molecule has 114 valence electrons. The van der Waals surface area contributed by atoms with Crippen molar-refractivity contribution >= 4 is 32.4 Å². The molecular weight excluding hydrogens is 300 g/mol. The van der Waals surface area contributed by atoms with Crippen molar-refractivity contribution in [3.05, 3.63) is 0 Å². The molecular formula is C11H20N4O3S2. The van der Waals surface area contributed by atoms with Crippen molar-refractivity contribution in [3.63, 3.8) is 0 Å². The quantitative estimate of drug-likeness (QED) is 0.743. The molecule has 0 saturated carbocycles. The summed E-state index contributed by atoms with van der Waals surface area (Å²) in [7, 11) is -3.67. The third-order valence-corrected chi connectivity index (χ3v) is 5.26. The molecule has 1 aromatic heterocycles. The third kappa shape index (κ3) is 4.80. The van der Waals surface area contributed by atoms with Crippen LogP contribution in [0, 0.1) is 5.92 Å². The minimum atomic E-state index is -3.67. The van der Waals surface area contributed by atoms with E-state index >= 15 is 0 Å².